The van der Waals surface area contributed by atoms with Crippen LogP contribution in [0.1, 0.15) is 26.7 Å². The van der Waals surface area contributed by atoms with Gasteiger partial charge in [-0.2, -0.15) is 0 Å². The van der Waals surface area contributed by atoms with E-state index in [0.29, 0.717) is 25.6 Å². The lowest BCUT2D eigenvalue weighted by atomic mass is 9.91. The van der Waals surface area contributed by atoms with Gasteiger partial charge >= 0.3 is 0 Å². The summed E-state index contributed by atoms with van der Waals surface area (Å²) in [6, 6.07) is 0.426. The van der Waals surface area contributed by atoms with E-state index in [1.165, 1.54) is 0 Å². The highest BCUT2D eigenvalue weighted by atomic mass is 19.3. The van der Waals surface area contributed by atoms with Crippen LogP contribution in [0.2, 0.25) is 0 Å². The first-order chi connectivity index (χ1) is 6.93. The average molecular weight is 220 g/mol. The van der Waals surface area contributed by atoms with E-state index < -0.39 is 11.8 Å². The fraction of sp³-hybridized carbons (Fsp3) is 1.00. The molecule has 0 bridgehead atoms. The number of rotatable bonds is 4. The van der Waals surface area contributed by atoms with Gasteiger partial charge in [0, 0.05) is 31.5 Å². The predicted octanol–water partition coefficient (Wildman–Crippen LogP) is 1.96. The quantitative estimate of drug-likeness (QED) is 0.779. The maximum atomic E-state index is 13.5. The molecule has 1 saturated heterocycles. The minimum atomic E-state index is -2.47. The Morgan fingerprint density at radius 1 is 1.47 bits per heavy atom. The first-order valence-corrected chi connectivity index (χ1v) is 5.72. The normalized spacial score (nSPS) is 26.2. The Bertz CT molecular complexity index is 195. The molecule has 1 rings (SSSR count). The van der Waals surface area contributed by atoms with Crippen molar-refractivity contribution in [3.05, 3.63) is 0 Å². The van der Waals surface area contributed by atoms with Crippen LogP contribution in [0.4, 0.5) is 8.78 Å². The van der Waals surface area contributed by atoms with Gasteiger partial charge in [0.05, 0.1) is 0 Å². The summed E-state index contributed by atoms with van der Waals surface area (Å²) >= 11 is 0. The van der Waals surface area contributed by atoms with Crippen LogP contribution in [0.3, 0.4) is 0 Å². The second-order valence-corrected chi connectivity index (χ2v) is 4.78. The summed E-state index contributed by atoms with van der Waals surface area (Å²) in [6.07, 6.45) is 0.567. The summed E-state index contributed by atoms with van der Waals surface area (Å²) in [4.78, 5) is 2.12. The van der Waals surface area contributed by atoms with Gasteiger partial charge in [-0.25, -0.2) is 8.78 Å². The summed E-state index contributed by atoms with van der Waals surface area (Å²) in [6.45, 7) is 5.82. The Kier molecular flexibility index (Phi) is 4.46. The number of hydrogen-bond donors (Lipinski definition) is 1. The van der Waals surface area contributed by atoms with Gasteiger partial charge < -0.3 is 10.2 Å². The van der Waals surface area contributed by atoms with Gasteiger partial charge in [0.2, 0.25) is 0 Å². The van der Waals surface area contributed by atoms with Crippen LogP contribution in [-0.4, -0.2) is 43.5 Å². The van der Waals surface area contributed by atoms with Crippen molar-refractivity contribution >= 4 is 0 Å². The number of piperidine rings is 1. The van der Waals surface area contributed by atoms with E-state index in [1.807, 2.05) is 7.05 Å². The molecule has 0 spiro atoms. The van der Waals surface area contributed by atoms with Gasteiger partial charge in [-0.15, -0.1) is 0 Å². The molecular weight excluding hydrogens is 198 g/mol. The maximum absolute atomic E-state index is 13.5. The van der Waals surface area contributed by atoms with Crippen molar-refractivity contribution < 1.29 is 8.78 Å². The third kappa shape index (κ3) is 3.68. The topological polar surface area (TPSA) is 15.3 Å². The number of hydrogen-bond acceptors (Lipinski definition) is 2. The molecule has 1 atom stereocenters. The van der Waals surface area contributed by atoms with Crippen LogP contribution in [0.15, 0.2) is 0 Å². The third-order valence-corrected chi connectivity index (χ3v) is 3.33. The van der Waals surface area contributed by atoms with E-state index in [2.05, 4.69) is 24.1 Å². The molecule has 15 heavy (non-hydrogen) atoms. The highest BCUT2D eigenvalue weighted by Crippen LogP contribution is 2.32. The van der Waals surface area contributed by atoms with E-state index in [1.54, 1.807) is 0 Å². The molecule has 1 aliphatic rings. The summed E-state index contributed by atoms with van der Waals surface area (Å²) in [5.41, 5.74) is 0. The van der Waals surface area contributed by atoms with Crippen molar-refractivity contribution in [2.24, 2.45) is 5.92 Å². The Morgan fingerprint density at radius 3 is 2.67 bits per heavy atom. The lowest BCUT2D eigenvalue weighted by Crippen LogP contribution is -2.46. The fourth-order valence-corrected chi connectivity index (χ4v) is 1.82. The molecule has 0 radical (unpaired) electrons. The molecule has 90 valence electrons. The van der Waals surface area contributed by atoms with Crippen molar-refractivity contribution in [3.8, 4) is 0 Å². The summed E-state index contributed by atoms with van der Waals surface area (Å²) in [5, 5.41) is 3.04. The first-order valence-electron chi connectivity index (χ1n) is 5.72. The van der Waals surface area contributed by atoms with Crippen molar-refractivity contribution in [2.75, 3.05) is 26.7 Å². The fourth-order valence-electron chi connectivity index (χ4n) is 1.82. The molecule has 4 heteroatoms. The van der Waals surface area contributed by atoms with Gasteiger partial charge in [0.1, 0.15) is 0 Å². The zero-order valence-electron chi connectivity index (χ0n) is 9.89. The SMILES string of the molecule is CC(C)N(C)CCC1CNCCC1(F)F. The molecule has 1 N–H and O–H groups in total. The lowest BCUT2D eigenvalue weighted by Gasteiger charge is -2.33. The van der Waals surface area contributed by atoms with Crippen molar-refractivity contribution in [2.45, 2.75) is 38.7 Å². The Balaban J connectivity index is 2.36. The van der Waals surface area contributed by atoms with E-state index in [4.69, 9.17) is 0 Å². The van der Waals surface area contributed by atoms with Crippen molar-refractivity contribution in [3.63, 3.8) is 0 Å². The molecule has 0 saturated carbocycles. The monoisotopic (exact) mass is 220 g/mol. The second kappa shape index (κ2) is 5.21. The van der Waals surface area contributed by atoms with Gasteiger partial charge in [0.25, 0.3) is 5.92 Å². The molecule has 2 nitrogen and oxygen atoms in total. The largest absolute Gasteiger partial charge is 0.316 e. The Morgan fingerprint density at radius 2 is 2.13 bits per heavy atom. The molecule has 1 heterocycles. The van der Waals surface area contributed by atoms with Crippen LogP contribution in [-0.2, 0) is 0 Å². The van der Waals surface area contributed by atoms with Crippen LogP contribution in [0.5, 0.6) is 0 Å². The molecule has 0 aromatic heterocycles. The van der Waals surface area contributed by atoms with Gasteiger partial charge in [-0.1, -0.05) is 0 Å². The molecular formula is C11H22F2N2. The molecule has 0 aromatic carbocycles. The van der Waals surface area contributed by atoms with E-state index in [0.717, 1.165) is 6.54 Å². The van der Waals surface area contributed by atoms with Gasteiger partial charge in [-0.05, 0) is 33.9 Å². The highest BCUT2D eigenvalue weighted by molar-refractivity contribution is 4.84. The van der Waals surface area contributed by atoms with Crippen LogP contribution >= 0.6 is 0 Å². The minimum absolute atomic E-state index is 0.0109. The minimum Gasteiger partial charge on any atom is -0.316 e. The predicted molar refractivity (Wildman–Crippen MR) is 58.3 cm³/mol. The van der Waals surface area contributed by atoms with Gasteiger partial charge in [-0.3, -0.25) is 0 Å². The maximum Gasteiger partial charge on any atom is 0.253 e. The van der Waals surface area contributed by atoms with Gasteiger partial charge in [0.15, 0.2) is 0 Å². The standard InChI is InChI=1S/C11H22F2N2/c1-9(2)15(3)7-4-10-8-14-6-5-11(10,12)13/h9-10,14H,4-8H2,1-3H3. The van der Waals surface area contributed by atoms with E-state index in [9.17, 15) is 8.78 Å². The lowest BCUT2D eigenvalue weighted by molar-refractivity contribution is -0.0826. The molecule has 1 aliphatic heterocycles. The molecule has 1 fully saturated rings. The number of nitrogens with zero attached hydrogens (tertiary/aromatic N) is 1. The third-order valence-electron chi connectivity index (χ3n) is 3.33. The van der Waals surface area contributed by atoms with Crippen molar-refractivity contribution in [1.82, 2.24) is 10.2 Å². The molecule has 0 aromatic rings. The second-order valence-electron chi connectivity index (χ2n) is 4.78. The summed E-state index contributed by atoms with van der Waals surface area (Å²) < 4.78 is 26.9. The smallest absolute Gasteiger partial charge is 0.253 e. The molecule has 1 unspecified atom stereocenters. The number of halogens is 2. The Hall–Kier alpha value is -0.220. The summed E-state index contributed by atoms with van der Waals surface area (Å²) in [5.74, 6) is -2.96. The highest BCUT2D eigenvalue weighted by Gasteiger charge is 2.40. The number of alkyl halides is 2. The van der Waals surface area contributed by atoms with E-state index in [-0.39, 0.29) is 6.42 Å². The first kappa shape index (κ1) is 12.8. The van der Waals surface area contributed by atoms with E-state index >= 15 is 0 Å². The number of nitrogens with one attached hydrogen (secondary N) is 1. The summed E-state index contributed by atoms with van der Waals surface area (Å²) in [7, 11) is 1.99. The zero-order valence-corrected chi connectivity index (χ0v) is 9.89. The zero-order chi connectivity index (χ0) is 11.5. The van der Waals surface area contributed by atoms with Crippen LogP contribution < -0.4 is 5.32 Å². The average Bonchev–Trinajstić information content (AvgIpc) is 2.14. The molecule has 0 aliphatic carbocycles. The van der Waals surface area contributed by atoms with Crippen LogP contribution in [0, 0.1) is 5.92 Å². The Labute approximate surface area is 91.0 Å². The van der Waals surface area contributed by atoms with Crippen LogP contribution in [0.25, 0.3) is 0 Å². The van der Waals surface area contributed by atoms with Crippen molar-refractivity contribution in [1.29, 1.82) is 0 Å². The molecule has 0 amide bonds.